The topological polar surface area (TPSA) is 78.5 Å². The third kappa shape index (κ3) is 5.47. The summed E-state index contributed by atoms with van der Waals surface area (Å²) >= 11 is 0. The number of amides is 1. The Balaban J connectivity index is 1.46. The Morgan fingerprint density at radius 1 is 1.11 bits per heavy atom. The van der Waals surface area contributed by atoms with Crippen LogP contribution in [0.4, 0.5) is 11.4 Å². The van der Waals surface area contributed by atoms with Crippen LogP contribution in [0.25, 0.3) is 0 Å². The van der Waals surface area contributed by atoms with Gasteiger partial charge in [0.05, 0.1) is 6.26 Å². The van der Waals surface area contributed by atoms with Gasteiger partial charge in [0.15, 0.2) is 0 Å². The fourth-order valence-electron chi connectivity index (χ4n) is 3.32. The molecule has 6 nitrogen and oxygen atoms in total. The van der Waals surface area contributed by atoms with Gasteiger partial charge < -0.3 is 10.2 Å². The SMILES string of the molecule is CS(=O)(=O)Nc1ccc(C(=O)NCCCN2CCCc3ccccc32)cc1. The van der Waals surface area contributed by atoms with Gasteiger partial charge in [-0.1, -0.05) is 18.2 Å². The lowest BCUT2D eigenvalue weighted by atomic mass is 10.0. The van der Waals surface area contributed by atoms with Gasteiger partial charge in [-0.05, 0) is 55.2 Å². The summed E-state index contributed by atoms with van der Waals surface area (Å²) < 4.78 is 24.8. The zero-order valence-corrected chi connectivity index (χ0v) is 16.3. The number of hydrogen-bond acceptors (Lipinski definition) is 4. The average molecular weight is 388 g/mol. The molecule has 0 spiro atoms. The van der Waals surface area contributed by atoms with E-state index in [1.807, 2.05) is 0 Å². The van der Waals surface area contributed by atoms with E-state index in [4.69, 9.17) is 0 Å². The third-order valence-corrected chi connectivity index (χ3v) is 5.15. The third-order valence-electron chi connectivity index (χ3n) is 4.55. The van der Waals surface area contributed by atoms with Crippen LogP contribution in [0.1, 0.15) is 28.8 Å². The second-order valence-corrected chi connectivity index (χ2v) is 8.53. The van der Waals surface area contributed by atoms with Gasteiger partial charge in [0.1, 0.15) is 0 Å². The van der Waals surface area contributed by atoms with E-state index in [0.717, 1.165) is 38.6 Å². The highest BCUT2D eigenvalue weighted by molar-refractivity contribution is 7.92. The van der Waals surface area contributed by atoms with Crippen LogP contribution in [-0.4, -0.2) is 40.2 Å². The highest BCUT2D eigenvalue weighted by Crippen LogP contribution is 2.26. The summed E-state index contributed by atoms with van der Waals surface area (Å²) in [5, 5.41) is 2.93. The Morgan fingerprint density at radius 2 is 1.85 bits per heavy atom. The van der Waals surface area contributed by atoms with E-state index in [-0.39, 0.29) is 5.91 Å². The van der Waals surface area contributed by atoms with Crippen LogP contribution in [0, 0.1) is 0 Å². The number of hydrogen-bond donors (Lipinski definition) is 2. The second-order valence-electron chi connectivity index (χ2n) is 6.78. The van der Waals surface area contributed by atoms with Crippen molar-refractivity contribution in [2.45, 2.75) is 19.3 Å². The number of fused-ring (bicyclic) bond motifs is 1. The highest BCUT2D eigenvalue weighted by atomic mass is 32.2. The molecule has 2 aromatic rings. The summed E-state index contributed by atoms with van der Waals surface area (Å²) in [7, 11) is -3.32. The molecule has 0 aliphatic carbocycles. The first-order valence-electron chi connectivity index (χ1n) is 9.11. The largest absolute Gasteiger partial charge is 0.371 e. The van der Waals surface area contributed by atoms with Crippen molar-refractivity contribution in [1.29, 1.82) is 0 Å². The molecule has 3 rings (SSSR count). The molecule has 0 atom stereocenters. The van der Waals surface area contributed by atoms with E-state index < -0.39 is 10.0 Å². The second kappa shape index (κ2) is 8.43. The molecule has 0 radical (unpaired) electrons. The van der Waals surface area contributed by atoms with Crippen molar-refractivity contribution in [1.82, 2.24) is 5.32 Å². The maximum absolute atomic E-state index is 12.2. The highest BCUT2D eigenvalue weighted by Gasteiger charge is 2.15. The number of nitrogens with one attached hydrogen (secondary N) is 2. The van der Waals surface area contributed by atoms with E-state index in [0.29, 0.717) is 17.8 Å². The van der Waals surface area contributed by atoms with E-state index in [9.17, 15) is 13.2 Å². The lowest BCUT2D eigenvalue weighted by Gasteiger charge is -2.31. The lowest BCUT2D eigenvalue weighted by molar-refractivity contribution is 0.0953. The number of anilines is 2. The molecule has 1 aliphatic heterocycles. The lowest BCUT2D eigenvalue weighted by Crippen LogP contribution is -2.33. The number of sulfonamides is 1. The van der Waals surface area contributed by atoms with Crippen LogP contribution in [0.3, 0.4) is 0 Å². The Morgan fingerprint density at radius 3 is 2.59 bits per heavy atom. The summed E-state index contributed by atoms with van der Waals surface area (Å²) in [4.78, 5) is 14.6. The van der Waals surface area contributed by atoms with Crippen LogP contribution < -0.4 is 14.9 Å². The Bertz CT molecular complexity index is 895. The Hall–Kier alpha value is -2.54. The van der Waals surface area contributed by atoms with Crippen molar-refractivity contribution in [2.24, 2.45) is 0 Å². The number of aryl methyl sites for hydroxylation is 1. The summed E-state index contributed by atoms with van der Waals surface area (Å²) in [5.74, 6) is -0.153. The fraction of sp³-hybridized carbons (Fsp3) is 0.350. The molecular weight excluding hydrogens is 362 g/mol. The first-order valence-corrected chi connectivity index (χ1v) is 11.0. The molecule has 1 amide bonds. The van der Waals surface area contributed by atoms with Gasteiger partial charge in [-0.25, -0.2) is 8.42 Å². The van der Waals surface area contributed by atoms with Crippen LogP contribution in [0.15, 0.2) is 48.5 Å². The first kappa shape index (κ1) is 19.2. The summed E-state index contributed by atoms with van der Waals surface area (Å²) in [6, 6.07) is 14.9. The van der Waals surface area contributed by atoms with Gasteiger partial charge in [-0.2, -0.15) is 0 Å². The summed E-state index contributed by atoms with van der Waals surface area (Å²) in [6.45, 7) is 2.56. The molecule has 144 valence electrons. The smallest absolute Gasteiger partial charge is 0.251 e. The number of carbonyl (C=O) groups excluding carboxylic acids is 1. The predicted octanol–water partition coefficient (Wildman–Crippen LogP) is 2.63. The number of nitrogens with zero attached hydrogens (tertiary/aromatic N) is 1. The van der Waals surface area contributed by atoms with Crippen molar-refractivity contribution in [3.8, 4) is 0 Å². The standard InChI is InChI=1S/C20H25N3O3S/c1-27(25,26)22-18-11-9-17(10-12-18)20(24)21-13-5-15-23-14-4-7-16-6-2-3-8-19(16)23/h2-3,6,8-12,22H,4-5,7,13-15H2,1H3,(H,21,24). The van der Waals surface area contributed by atoms with Crippen molar-refractivity contribution in [2.75, 3.05) is 35.5 Å². The molecule has 0 saturated heterocycles. The van der Waals surface area contributed by atoms with Crippen LogP contribution >= 0.6 is 0 Å². The van der Waals surface area contributed by atoms with Gasteiger partial charge in [-0.15, -0.1) is 0 Å². The molecule has 2 aromatic carbocycles. The minimum absolute atomic E-state index is 0.153. The Labute approximate surface area is 160 Å². The molecule has 0 saturated carbocycles. The molecule has 0 aromatic heterocycles. The molecule has 1 aliphatic rings. The van der Waals surface area contributed by atoms with Gasteiger partial charge in [0, 0.05) is 36.6 Å². The van der Waals surface area contributed by atoms with E-state index in [1.165, 1.54) is 11.3 Å². The summed E-state index contributed by atoms with van der Waals surface area (Å²) in [5.41, 5.74) is 3.66. The van der Waals surface area contributed by atoms with E-state index >= 15 is 0 Å². The van der Waals surface area contributed by atoms with E-state index in [2.05, 4.69) is 39.2 Å². The van der Waals surface area contributed by atoms with Gasteiger partial charge in [0.2, 0.25) is 10.0 Å². The van der Waals surface area contributed by atoms with Crippen molar-refractivity contribution < 1.29 is 13.2 Å². The van der Waals surface area contributed by atoms with Crippen molar-refractivity contribution in [3.05, 3.63) is 59.7 Å². The molecule has 0 bridgehead atoms. The van der Waals surface area contributed by atoms with Gasteiger partial charge >= 0.3 is 0 Å². The molecule has 7 heteroatoms. The van der Waals surface area contributed by atoms with Crippen LogP contribution in [-0.2, 0) is 16.4 Å². The minimum atomic E-state index is -3.32. The molecule has 1 heterocycles. The number of para-hydroxylation sites is 1. The van der Waals surface area contributed by atoms with Crippen LogP contribution in [0.5, 0.6) is 0 Å². The normalized spacial score (nSPS) is 13.7. The summed E-state index contributed by atoms with van der Waals surface area (Å²) in [6.07, 6.45) is 4.26. The molecular formula is C20H25N3O3S. The molecule has 0 fully saturated rings. The fourth-order valence-corrected chi connectivity index (χ4v) is 3.89. The molecule has 2 N–H and O–H groups in total. The van der Waals surface area contributed by atoms with Gasteiger partial charge in [-0.3, -0.25) is 9.52 Å². The number of rotatable bonds is 7. The molecule has 27 heavy (non-hydrogen) atoms. The average Bonchev–Trinajstić information content (AvgIpc) is 2.64. The number of carbonyl (C=O) groups is 1. The predicted molar refractivity (Wildman–Crippen MR) is 109 cm³/mol. The van der Waals surface area contributed by atoms with Crippen molar-refractivity contribution in [3.63, 3.8) is 0 Å². The van der Waals surface area contributed by atoms with Crippen LogP contribution in [0.2, 0.25) is 0 Å². The molecule has 0 unspecified atom stereocenters. The minimum Gasteiger partial charge on any atom is -0.371 e. The maximum Gasteiger partial charge on any atom is 0.251 e. The van der Waals surface area contributed by atoms with E-state index in [1.54, 1.807) is 24.3 Å². The zero-order chi connectivity index (χ0) is 19.3. The quantitative estimate of drug-likeness (QED) is 0.716. The number of benzene rings is 2. The first-order chi connectivity index (χ1) is 12.9. The van der Waals surface area contributed by atoms with Crippen molar-refractivity contribution >= 4 is 27.3 Å². The monoisotopic (exact) mass is 387 g/mol. The Kier molecular flexibility index (Phi) is 6.01. The maximum atomic E-state index is 12.2. The zero-order valence-electron chi connectivity index (χ0n) is 15.4. The van der Waals surface area contributed by atoms with Gasteiger partial charge in [0.25, 0.3) is 5.91 Å².